The van der Waals surface area contributed by atoms with Crippen LogP contribution >= 0.6 is 11.3 Å². The fourth-order valence-electron chi connectivity index (χ4n) is 2.94. The van der Waals surface area contributed by atoms with E-state index in [-0.39, 0.29) is 0 Å². The number of hydrogen-bond donors (Lipinski definition) is 1. The number of thiophene rings is 1. The molecule has 1 fully saturated rings. The van der Waals surface area contributed by atoms with E-state index in [0.29, 0.717) is 6.04 Å². The molecule has 1 aliphatic rings. The molecule has 2 nitrogen and oxygen atoms in total. The molecular weight excluding hydrogens is 240 g/mol. The molecule has 0 atom stereocenters. The van der Waals surface area contributed by atoms with Crippen molar-refractivity contribution in [3.8, 4) is 0 Å². The maximum atomic E-state index is 6.01. The SMILES string of the molecule is CCCN(CCc1cccs1)C1CCC(N)CC1. The van der Waals surface area contributed by atoms with E-state index in [1.54, 1.807) is 0 Å². The summed E-state index contributed by atoms with van der Waals surface area (Å²) in [6, 6.07) is 5.65. The molecule has 0 radical (unpaired) electrons. The maximum Gasteiger partial charge on any atom is 0.00965 e. The second-order valence-electron chi connectivity index (χ2n) is 5.43. The van der Waals surface area contributed by atoms with Crippen LogP contribution in [0.1, 0.15) is 43.9 Å². The second-order valence-corrected chi connectivity index (χ2v) is 6.47. The third kappa shape index (κ3) is 4.08. The fourth-order valence-corrected chi connectivity index (χ4v) is 3.64. The summed E-state index contributed by atoms with van der Waals surface area (Å²) in [4.78, 5) is 4.22. The molecule has 0 aliphatic heterocycles. The lowest BCUT2D eigenvalue weighted by atomic mass is 9.90. The third-order valence-electron chi connectivity index (χ3n) is 3.99. The Bertz CT molecular complexity index is 315. The highest BCUT2D eigenvalue weighted by Crippen LogP contribution is 2.23. The van der Waals surface area contributed by atoms with Gasteiger partial charge in [0.25, 0.3) is 0 Å². The van der Waals surface area contributed by atoms with Crippen molar-refractivity contribution in [3.63, 3.8) is 0 Å². The van der Waals surface area contributed by atoms with Crippen molar-refractivity contribution < 1.29 is 0 Å². The fraction of sp³-hybridized carbons (Fsp3) is 0.733. The van der Waals surface area contributed by atoms with E-state index in [4.69, 9.17) is 5.73 Å². The number of hydrogen-bond acceptors (Lipinski definition) is 3. The van der Waals surface area contributed by atoms with E-state index in [9.17, 15) is 0 Å². The number of rotatable bonds is 6. The standard InChI is InChI=1S/C15H26N2S/c1-2-10-17(11-9-15-4-3-12-18-15)14-7-5-13(16)6-8-14/h3-4,12-14H,2,5-11,16H2,1H3. The van der Waals surface area contributed by atoms with Gasteiger partial charge in [0, 0.05) is 23.5 Å². The first kappa shape index (κ1) is 14.0. The lowest BCUT2D eigenvalue weighted by molar-refractivity contribution is 0.151. The van der Waals surface area contributed by atoms with Gasteiger partial charge in [-0.25, -0.2) is 0 Å². The molecule has 0 spiro atoms. The molecular formula is C15H26N2S. The number of nitrogens with zero attached hydrogens (tertiary/aromatic N) is 1. The maximum absolute atomic E-state index is 6.01. The molecule has 0 bridgehead atoms. The van der Waals surface area contributed by atoms with Crippen LogP contribution in [0.15, 0.2) is 17.5 Å². The lowest BCUT2D eigenvalue weighted by Gasteiger charge is -2.36. The topological polar surface area (TPSA) is 29.3 Å². The van der Waals surface area contributed by atoms with E-state index < -0.39 is 0 Å². The minimum atomic E-state index is 0.460. The predicted molar refractivity (Wildman–Crippen MR) is 80.1 cm³/mol. The Balaban J connectivity index is 1.83. The summed E-state index contributed by atoms with van der Waals surface area (Å²) in [5, 5.41) is 2.18. The Labute approximate surface area is 115 Å². The van der Waals surface area contributed by atoms with Gasteiger partial charge in [-0.1, -0.05) is 13.0 Å². The second kappa shape index (κ2) is 7.27. The summed E-state index contributed by atoms with van der Waals surface area (Å²) in [5.41, 5.74) is 6.01. The van der Waals surface area contributed by atoms with Crippen molar-refractivity contribution in [2.75, 3.05) is 13.1 Å². The molecule has 0 unspecified atom stereocenters. The van der Waals surface area contributed by atoms with Crippen LogP contribution in [0.2, 0.25) is 0 Å². The van der Waals surface area contributed by atoms with Gasteiger partial charge in [-0.15, -0.1) is 11.3 Å². The Kier molecular flexibility index (Phi) is 5.67. The average molecular weight is 266 g/mol. The van der Waals surface area contributed by atoms with Crippen molar-refractivity contribution in [1.29, 1.82) is 0 Å². The Morgan fingerprint density at radius 2 is 2.06 bits per heavy atom. The van der Waals surface area contributed by atoms with Crippen molar-refractivity contribution in [2.24, 2.45) is 5.73 Å². The van der Waals surface area contributed by atoms with Crippen LogP contribution in [-0.4, -0.2) is 30.1 Å². The predicted octanol–water partition coefficient (Wildman–Crippen LogP) is 3.27. The van der Waals surface area contributed by atoms with Crippen molar-refractivity contribution in [1.82, 2.24) is 4.90 Å². The first-order valence-corrected chi connectivity index (χ1v) is 8.19. The first-order valence-electron chi connectivity index (χ1n) is 7.31. The van der Waals surface area contributed by atoms with E-state index >= 15 is 0 Å². The van der Waals surface area contributed by atoms with Gasteiger partial charge in [-0.2, -0.15) is 0 Å². The zero-order valence-electron chi connectivity index (χ0n) is 11.5. The summed E-state index contributed by atoms with van der Waals surface area (Å²) < 4.78 is 0. The zero-order valence-corrected chi connectivity index (χ0v) is 12.3. The first-order chi connectivity index (χ1) is 8.79. The molecule has 102 valence electrons. The molecule has 2 N–H and O–H groups in total. The van der Waals surface area contributed by atoms with Gasteiger partial charge in [-0.3, -0.25) is 0 Å². The van der Waals surface area contributed by atoms with Gasteiger partial charge in [0.1, 0.15) is 0 Å². The highest BCUT2D eigenvalue weighted by Gasteiger charge is 2.23. The van der Waals surface area contributed by atoms with Crippen molar-refractivity contribution in [3.05, 3.63) is 22.4 Å². The van der Waals surface area contributed by atoms with Gasteiger partial charge in [0.15, 0.2) is 0 Å². The molecule has 2 rings (SSSR count). The minimum Gasteiger partial charge on any atom is -0.328 e. The molecule has 1 aromatic heterocycles. The highest BCUT2D eigenvalue weighted by molar-refractivity contribution is 7.09. The molecule has 3 heteroatoms. The molecule has 0 saturated heterocycles. The van der Waals surface area contributed by atoms with E-state index in [1.165, 1.54) is 56.5 Å². The zero-order chi connectivity index (χ0) is 12.8. The summed E-state index contributed by atoms with van der Waals surface area (Å²) >= 11 is 1.88. The summed E-state index contributed by atoms with van der Waals surface area (Å²) in [6.07, 6.45) is 7.48. The van der Waals surface area contributed by atoms with E-state index in [0.717, 1.165) is 6.04 Å². The molecule has 0 aromatic carbocycles. The van der Waals surface area contributed by atoms with Gasteiger partial charge >= 0.3 is 0 Å². The van der Waals surface area contributed by atoms with Crippen LogP contribution in [0, 0.1) is 0 Å². The van der Waals surface area contributed by atoms with Crippen LogP contribution < -0.4 is 5.73 Å². The smallest absolute Gasteiger partial charge is 0.00965 e. The average Bonchev–Trinajstić information content (AvgIpc) is 2.89. The Hall–Kier alpha value is -0.380. The van der Waals surface area contributed by atoms with Gasteiger partial charge in [-0.05, 0) is 56.5 Å². The molecule has 18 heavy (non-hydrogen) atoms. The monoisotopic (exact) mass is 266 g/mol. The minimum absolute atomic E-state index is 0.460. The summed E-state index contributed by atoms with van der Waals surface area (Å²) in [7, 11) is 0. The van der Waals surface area contributed by atoms with Crippen LogP contribution in [-0.2, 0) is 6.42 Å². The van der Waals surface area contributed by atoms with Crippen molar-refractivity contribution >= 4 is 11.3 Å². The van der Waals surface area contributed by atoms with Gasteiger partial charge in [0.2, 0.25) is 0 Å². The van der Waals surface area contributed by atoms with Crippen LogP contribution in [0.25, 0.3) is 0 Å². The van der Waals surface area contributed by atoms with Crippen LogP contribution in [0.4, 0.5) is 0 Å². The largest absolute Gasteiger partial charge is 0.328 e. The Morgan fingerprint density at radius 1 is 1.28 bits per heavy atom. The van der Waals surface area contributed by atoms with Gasteiger partial charge < -0.3 is 10.6 Å². The van der Waals surface area contributed by atoms with Crippen molar-refractivity contribution in [2.45, 2.75) is 57.5 Å². The quantitative estimate of drug-likeness (QED) is 0.856. The molecule has 1 aromatic rings. The van der Waals surface area contributed by atoms with E-state index in [1.807, 2.05) is 11.3 Å². The summed E-state index contributed by atoms with van der Waals surface area (Å²) in [5.74, 6) is 0. The molecule has 0 amide bonds. The van der Waals surface area contributed by atoms with Gasteiger partial charge in [0.05, 0.1) is 0 Å². The highest BCUT2D eigenvalue weighted by atomic mass is 32.1. The summed E-state index contributed by atoms with van der Waals surface area (Å²) in [6.45, 7) is 4.74. The molecule has 1 heterocycles. The molecule has 1 aliphatic carbocycles. The molecule has 1 saturated carbocycles. The van der Waals surface area contributed by atoms with Crippen LogP contribution in [0.5, 0.6) is 0 Å². The number of nitrogens with two attached hydrogens (primary N) is 1. The third-order valence-corrected chi connectivity index (χ3v) is 4.93. The lowest BCUT2D eigenvalue weighted by Crippen LogP contribution is -2.42. The Morgan fingerprint density at radius 3 is 2.67 bits per heavy atom. The van der Waals surface area contributed by atoms with E-state index in [2.05, 4.69) is 29.3 Å². The normalized spacial score (nSPS) is 24.6. The van der Waals surface area contributed by atoms with Crippen LogP contribution in [0.3, 0.4) is 0 Å².